The summed E-state index contributed by atoms with van der Waals surface area (Å²) >= 11 is 0. The van der Waals surface area contributed by atoms with Crippen molar-refractivity contribution in [3.05, 3.63) is 89.7 Å². The summed E-state index contributed by atoms with van der Waals surface area (Å²) in [5, 5.41) is 5.72. The van der Waals surface area contributed by atoms with Gasteiger partial charge in [-0.15, -0.1) is 0 Å². The van der Waals surface area contributed by atoms with Crippen molar-refractivity contribution in [2.24, 2.45) is 11.7 Å². The van der Waals surface area contributed by atoms with Crippen molar-refractivity contribution in [3.8, 4) is 11.1 Å². The van der Waals surface area contributed by atoms with Crippen LogP contribution in [0.1, 0.15) is 41.6 Å². The number of primary amides is 1. The number of benzene rings is 3. The van der Waals surface area contributed by atoms with Gasteiger partial charge in [0.1, 0.15) is 11.9 Å². The van der Waals surface area contributed by atoms with Crippen LogP contribution in [-0.2, 0) is 16.1 Å². The monoisotopic (exact) mass is 601 g/mol. The second-order valence-corrected chi connectivity index (χ2v) is 11.5. The van der Waals surface area contributed by atoms with Crippen LogP contribution in [-0.4, -0.2) is 73.1 Å². The Kier molecular flexibility index (Phi) is 10.6. The lowest BCUT2D eigenvalue weighted by atomic mass is 9.96. The van der Waals surface area contributed by atoms with E-state index in [2.05, 4.69) is 20.4 Å². The van der Waals surface area contributed by atoms with Crippen LogP contribution in [0.3, 0.4) is 0 Å². The van der Waals surface area contributed by atoms with Crippen LogP contribution >= 0.6 is 0 Å². The van der Waals surface area contributed by atoms with Gasteiger partial charge in [-0.3, -0.25) is 19.8 Å². The molecule has 0 aliphatic carbocycles. The van der Waals surface area contributed by atoms with Crippen molar-refractivity contribution in [1.82, 2.24) is 15.1 Å². The van der Waals surface area contributed by atoms with Gasteiger partial charge < -0.3 is 20.7 Å². The molecule has 9 nitrogen and oxygen atoms in total. The fourth-order valence-corrected chi connectivity index (χ4v) is 5.90. The van der Waals surface area contributed by atoms with Crippen molar-refractivity contribution in [2.45, 2.75) is 38.3 Å². The minimum absolute atomic E-state index is 0.0214. The van der Waals surface area contributed by atoms with Gasteiger partial charge in [0.15, 0.2) is 0 Å². The molecule has 5 rings (SSSR count). The highest BCUT2D eigenvalue weighted by Crippen LogP contribution is 2.28. The molecule has 2 saturated heterocycles. The summed E-state index contributed by atoms with van der Waals surface area (Å²) in [5.74, 6) is -1.34. The summed E-state index contributed by atoms with van der Waals surface area (Å²) in [7, 11) is 0. The van der Waals surface area contributed by atoms with Crippen LogP contribution in [0.4, 0.5) is 14.9 Å². The molecule has 3 aromatic carbocycles. The zero-order valence-electron chi connectivity index (χ0n) is 24.8. The quantitative estimate of drug-likeness (QED) is 0.312. The largest absolute Gasteiger partial charge is 0.446 e. The van der Waals surface area contributed by atoms with Crippen LogP contribution in [0.2, 0.25) is 0 Å². The Bertz CT molecular complexity index is 1440. The summed E-state index contributed by atoms with van der Waals surface area (Å²) in [6.45, 7) is 4.50. The van der Waals surface area contributed by atoms with E-state index >= 15 is 0 Å². The topological polar surface area (TPSA) is 117 Å². The molecule has 2 aliphatic rings. The zero-order chi connectivity index (χ0) is 30.9. The number of hydrogen-bond donors (Lipinski definition) is 3. The first-order valence-corrected chi connectivity index (χ1v) is 15.3. The maximum absolute atomic E-state index is 14.8. The molecule has 0 saturated carbocycles. The lowest BCUT2D eigenvalue weighted by molar-refractivity contribution is -0.123. The van der Waals surface area contributed by atoms with Crippen LogP contribution in [0.15, 0.2) is 72.8 Å². The van der Waals surface area contributed by atoms with Crippen LogP contribution in [0.5, 0.6) is 0 Å². The molecule has 44 heavy (non-hydrogen) atoms. The Balaban J connectivity index is 1.01. The van der Waals surface area contributed by atoms with Crippen LogP contribution in [0, 0.1) is 11.7 Å². The second-order valence-electron chi connectivity index (χ2n) is 11.5. The van der Waals surface area contributed by atoms with E-state index in [-0.39, 0.29) is 23.5 Å². The number of ether oxygens (including phenoxy) is 1. The number of para-hydroxylation sites is 1. The molecular weight excluding hydrogens is 561 g/mol. The number of nitrogens with one attached hydrogen (secondary N) is 2. The number of piperidine rings is 2. The molecular formula is C34H40FN5O4. The second kappa shape index (κ2) is 14.9. The summed E-state index contributed by atoms with van der Waals surface area (Å²) in [6, 6.07) is 22.2. The lowest BCUT2D eigenvalue weighted by Crippen LogP contribution is -2.42. The molecule has 3 amide bonds. The molecule has 0 bridgehead atoms. The van der Waals surface area contributed by atoms with Crippen molar-refractivity contribution < 1.29 is 23.5 Å². The predicted molar refractivity (Wildman–Crippen MR) is 167 cm³/mol. The fraction of sp³-hybridized carbons (Fsp3) is 0.382. The molecule has 0 spiro atoms. The molecule has 2 heterocycles. The number of likely N-dealkylation sites (tertiary alicyclic amines) is 2. The number of carbonyl (C=O) groups is 3. The van der Waals surface area contributed by atoms with Gasteiger partial charge in [0.2, 0.25) is 5.91 Å². The number of halogens is 1. The number of nitrogens with two attached hydrogens (primary N) is 1. The van der Waals surface area contributed by atoms with Gasteiger partial charge in [0.05, 0.1) is 11.3 Å². The SMILES string of the molecule is NC(=O)C1CCN(Cc2ccc(C(=O)NCCN3CCC(OC(=O)Nc4ccccc4-c4ccccc4)CC3)c(F)c2)CC1. The first kappa shape index (κ1) is 31.2. The molecule has 4 N–H and O–H groups in total. The molecule has 0 unspecified atom stereocenters. The van der Waals surface area contributed by atoms with Gasteiger partial charge in [-0.2, -0.15) is 0 Å². The lowest BCUT2D eigenvalue weighted by Gasteiger charge is -2.31. The third kappa shape index (κ3) is 8.42. The van der Waals surface area contributed by atoms with Crippen LogP contribution in [0.25, 0.3) is 11.1 Å². The van der Waals surface area contributed by atoms with Crippen molar-refractivity contribution in [2.75, 3.05) is 44.6 Å². The zero-order valence-corrected chi connectivity index (χ0v) is 24.8. The molecule has 232 valence electrons. The van der Waals surface area contributed by atoms with Gasteiger partial charge in [-0.1, -0.05) is 54.6 Å². The van der Waals surface area contributed by atoms with Gasteiger partial charge in [-0.25, -0.2) is 9.18 Å². The Morgan fingerprint density at radius 3 is 2.25 bits per heavy atom. The van der Waals surface area contributed by atoms with Crippen molar-refractivity contribution in [1.29, 1.82) is 0 Å². The normalized spacial score (nSPS) is 16.8. The number of rotatable bonds is 10. The predicted octanol–water partition coefficient (Wildman–Crippen LogP) is 4.63. The molecule has 0 radical (unpaired) electrons. The van der Waals surface area contributed by atoms with E-state index in [9.17, 15) is 18.8 Å². The smallest absolute Gasteiger partial charge is 0.411 e. The van der Waals surface area contributed by atoms with Gasteiger partial charge >= 0.3 is 6.09 Å². The molecule has 2 fully saturated rings. The van der Waals surface area contributed by atoms with Gasteiger partial charge in [0.25, 0.3) is 5.91 Å². The summed E-state index contributed by atoms with van der Waals surface area (Å²) in [5.41, 5.74) is 8.85. The molecule has 0 atom stereocenters. The number of anilines is 1. The van der Waals surface area contributed by atoms with E-state index in [0.29, 0.717) is 51.0 Å². The maximum Gasteiger partial charge on any atom is 0.411 e. The average molecular weight is 602 g/mol. The highest BCUT2D eigenvalue weighted by molar-refractivity contribution is 5.94. The van der Waals surface area contributed by atoms with E-state index in [4.69, 9.17) is 10.5 Å². The number of carbonyl (C=O) groups excluding carboxylic acids is 3. The first-order valence-electron chi connectivity index (χ1n) is 15.3. The summed E-state index contributed by atoms with van der Waals surface area (Å²) < 4.78 is 20.5. The third-order valence-corrected chi connectivity index (χ3v) is 8.44. The van der Waals surface area contributed by atoms with Crippen LogP contribution < -0.4 is 16.4 Å². The number of hydrogen-bond acceptors (Lipinski definition) is 6. The first-order chi connectivity index (χ1) is 21.4. The Labute approximate surface area is 257 Å². The number of nitrogens with zero attached hydrogens (tertiary/aromatic N) is 2. The Morgan fingerprint density at radius 1 is 0.864 bits per heavy atom. The van der Waals surface area contributed by atoms with Crippen molar-refractivity contribution >= 4 is 23.6 Å². The number of amides is 3. The third-order valence-electron chi connectivity index (χ3n) is 8.44. The molecule has 2 aliphatic heterocycles. The summed E-state index contributed by atoms with van der Waals surface area (Å²) in [6.07, 6.45) is 2.15. The minimum atomic E-state index is -0.547. The van der Waals surface area contributed by atoms with Gasteiger partial charge in [-0.05, 0) is 68.1 Å². The maximum atomic E-state index is 14.8. The van der Waals surface area contributed by atoms with E-state index in [1.807, 2.05) is 54.6 Å². The van der Waals surface area contributed by atoms with E-state index in [0.717, 1.165) is 42.9 Å². The van der Waals surface area contributed by atoms with E-state index < -0.39 is 17.8 Å². The highest BCUT2D eigenvalue weighted by atomic mass is 19.1. The molecule has 10 heteroatoms. The van der Waals surface area contributed by atoms with E-state index in [1.54, 1.807) is 6.07 Å². The summed E-state index contributed by atoms with van der Waals surface area (Å²) in [4.78, 5) is 41.1. The van der Waals surface area contributed by atoms with Gasteiger partial charge in [0, 0.05) is 44.2 Å². The standard InChI is InChI=1S/C34H40FN5O4/c35-30-22-24(23-40-17-12-26(13-18-40)32(36)41)10-11-29(30)33(42)37-16-21-39-19-14-27(15-20-39)44-34(43)38-31-9-5-4-8-28(31)25-6-2-1-3-7-25/h1-11,22,26-27H,12-21,23H2,(H2,36,41)(H,37,42)(H,38,43). The van der Waals surface area contributed by atoms with E-state index in [1.165, 1.54) is 12.1 Å². The Morgan fingerprint density at radius 2 is 1.55 bits per heavy atom. The highest BCUT2D eigenvalue weighted by Gasteiger charge is 2.24. The minimum Gasteiger partial charge on any atom is -0.446 e. The molecule has 0 aromatic heterocycles. The van der Waals surface area contributed by atoms with Crippen molar-refractivity contribution in [3.63, 3.8) is 0 Å². The molecule has 3 aromatic rings. The Hall–Kier alpha value is -4.28. The average Bonchev–Trinajstić information content (AvgIpc) is 3.03. The fourth-order valence-electron chi connectivity index (χ4n) is 5.90.